The second-order valence-corrected chi connectivity index (χ2v) is 7.02. The summed E-state index contributed by atoms with van der Waals surface area (Å²) in [4.78, 5) is 27.0. The molecule has 2 aromatic rings. The normalized spacial score (nSPS) is 14.9. The first-order chi connectivity index (χ1) is 11.6. The van der Waals surface area contributed by atoms with Crippen molar-refractivity contribution < 1.29 is 14.7 Å². The summed E-state index contributed by atoms with van der Waals surface area (Å²) in [6.45, 7) is 0.302. The maximum Gasteiger partial charge on any atom is 0.265 e. The van der Waals surface area contributed by atoms with Crippen molar-refractivity contribution in [3.63, 3.8) is 0 Å². The van der Waals surface area contributed by atoms with Crippen LogP contribution in [0.4, 0.5) is 5.69 Å². The van der Waals surface area contributed by atoms with Gasteiger partial charge in [0.15, 0.2) is 0 Å². The van der Waals surface area contributed by atoms with Crippen LogP contribution in [-0.4, -0.2) is 41.5 Å². The second kappa shape index (κ2) is 7.15. The van der Waals surface area contributed by atoms with Crippen LogP contribution in [0.5, 0.6) is 0 Å². The maximum atomic E-state index is 12.7. The van der Waals surface area contributed by atoms with Crippen LogP contribution in [0.1, 0.15) is 32.9 Å². The van der Waals surface area contributed by atoms with Crippen molar-refractivity contribution in [1.82, 2.24) is 4.90 Å². The Morgan fingerprint density at radius 1 is 1.29 bits per heavy atom. The quantitative estimate of drug-likeness (QED) is 0.846. The van der Waals surface area contributed by atoms with Crippen LogP contribution in [0.15, 0.2) is 41.8 Å². The predicted octanol–water partition coefficient (Wildman–Crippen LogP) is 2.84. The van der Waals surface area contributed by atoms with Crippen LogP contribution < -0.4 is 5.32 Å². The monoisotopic (exact) mass is 344 g/mol. The van der Waals surface area contributed by atoms with Crippen LogP contribution >= 0.6 is 11.3 Å². The van der Waals surface area contributed by atoms with E-state index in [0.29, 0.717) is 28.6 Å². The molecule has 5 nitrogen and oxygen atoms in total. The van der Waals surface area contributed by atoms with E-state index < -0.39 is 6.10 Å². The molecule has 1 unspecified atom stereocenters. The summed E-state index contributed by atoms with van der Waals surface area (Å²) in [5.74, 6) is -0.128. The number of hydrogen-bond acceptors (Lipinski definition) is 4. The number of thiophene rings is 1. The highest BCUT2D eigenvalue weighted by Crippen LogP contribution is 2.33. The minimum Gasteiger partial charge on any atom is -0.391 e. The molecule has 1 fully saturated rings. The summed E-state index contributed by atoms with van der Waals surface area (Å²) in [6.07, 6.45) is 1.57. The number of benzene rings is 1. The fourth-order valence-electron chi connectivity index (χ4n) is 2.57. The van der Waals surface area contributed by atoms with Crippen LogP contribution in [-0.2, 0) is 0 Å². The van der Waals surface area contributed by atoms with E-state index in [0.717, 1.165) is 12.8 Å². The lowest BCUT2D eigenvalue weighted by Gasteiger charge is -2.22. The Morgan fingerprint density at radius 2 is 2.04 bits per heavy atom. The van der Waals surface area contributed by atoms with Crippen molar-refractivity contribution in [3.05, 3.63) is 52.2 Å². The van der Waals surface area contributed by atoms with Gasteiger partial charge in [-0.15, -0.1) is 11.3 Å². The highest BCUT2D eigenvalue weighted by Gasteiger charge is 2.31. The van der Waals surface area contributed by atoms with Gasteiger partial charge in [-0.05, 0) is 42.3 Å². The van der Waals surface area contributed by atoms with E-state index in [1.807, 2.05) is 11.4 Å². The number of aliphatic hydroxyl groups excluding tert-OH is 1. The van der Waals surface area contributed by atoms with Gasteiger partial charge < -0.3 is 15.3 Å². The standard InChI is InChI=1S/C18H20N2O3S/c1-20(11-15(21)12-8-9-12)18(23)13-5-2-3-6-14(13)19-17(22)16-7-4-10-24-16/h2-7,10,12,15,21H,8-9,11H2,1H3,(H,19,22). The third-order valence-corrected chi connectivity index (χ3v) is 4.99. The molecule has 1 atom stereocenters. The smallest absolute Gasteiger partial charge is 0.265 e. The predicted molar refractivity (Wildman–Crippen MR) is 94.4 cm³/mol. The number of nitrogens with zero attached hydrogens (tertiary/aromatic N) is 1. The Kier molecular flexibility index (Phi) is 4.97. The number of aliphatic hydroxyl groups is 1. The highest BCUT2D eigenvalue weighted by molar-refractivity contribution is 7.12. The maximum absolute atomic E-state index is 12.7. The first kappa shape index (κ1) is 16.7. The lowest BCUT2D eigenvalue weighted by molar-refractivity contribution is 0.0646. The van der Waals surface area contributed by atoms with Gasteiger partial charge in [0, 0.05) is 13.6 Å². The van der Waals surface area contributed by atoms with Gasteiger partial charge in [0.1, 0.15) is 0 Å². The molecule has 3 rings (SSSR count). The minimum absolute atomic E-state index is 0.211. The highest BCUT2D eigenvalue weighted by atomic mass is 32.1. The average Bonchev–Trinajstić information content (AvgIpc) is 3.29. The van der Waals surface area contributed by atoms with Crippen LogP contribution in [0.3, 0.4) is 0 Å². The molecule has 6 heteroatoms. The number of hydrogen-bond donors (Lipinski definition) is 2. The van der Waals surface area contributed by atoms with Crippen molar-refractivity contribution in [3.8, 4) is 0 Å². The summed E-state index contributed by atoms with van der Waals surface area (Å²) in [7, 11) is 1.67. The summed E-state index contributed by atoms with van der Waals surface area (Å²) in [5.41, 5.74) is 0.904. The molecular weight excluding hydrogens is 324 g/mol. The third kappa shape index (κ3) is 3.83. The molecule has 1 aromatic carbocycles. The fourth-order valence-corrected chi connectivity index (χ4v) is 3.19. The van der Waals surface area contributed by atoms with E-state index >= 15 is 0 Å². The Balaban J connectivity index is 1.72. The SMILES string of the molecule is CN(CC(O)C1CC1)C(=O)c1ccccc1NC(=O)c1cccs1. The molecule has 0 aliphatic heterocycles. The molecule has 2 amide bonds. The summed E-state index contributed by atoms with van der Waals surface area (Å²) >= 11 is 1.35. The number of anilines is 1. The molecule has 24 heavy (non-hydrogen) atoms. The minimum atomic E-state index is -0.480. The number of carbonyl (C=O) groups is 2. The lowest BCUT2D eigenvalue weighted by Crippen LogP contribution is -2.35. The van der Waals surface area contributed by atoms with E-state index in [2.05, 4.69) is 5.32 Å². The van der Waals surface area contributed by atoms with Crippen molar-refractivity contribution in [2.24, 2.45) is 5.92 Å². The molecule has 1 aliphatic carbocycles. The number of carbonyl (C=O) groups excluding carboxylic acids is 2. The summed E-state index contributed by atoms with van der Waals surface area (Å²) in [6, 6.07) is 10.5. The van der Waals surface area contributed by atoms with E-state index in [9.17, 15) is 14.7 Å². The van der Waals surface area contributed by atoms with E-state index in [-0.39, 0.29) is 11.8 Å². The van der Waals surface area contributed by atoms with Gasteiger partial charge >= 0.3 is 0 Å². The van der Waals surface area contributed by atoms with Crippen molar-refractivity contribution >= 4 is 28.8 Å². The van der Waals surface area contributed by atoms with Gasteiger partial charge in [-0.2, -0.15) is 0 Å². The first-order valence-electron chi connectivity index (χ1n) is 7.93. The molecule has 1 aromatic heterocycles. The van der Waals surface area contributed by atoms with Crippen LogP contribution in [0.25, 0.3) is 0 Å². The second-order valence-electron chi connectivity index (χ2n) is 6.07. The van der Waals surface area contributed by atoms with Crippen molar-refractivity contribution in [2.75, 3.05) is 18.9 Å². The third-order valence-electron chi connectivity index (χ3n) is 4.12. The van der Waals surface area contributed by atoms with Gasteiger partial charge in [-0.1, -0.05) is 18.2 Å². The zero-order valence-corrected chi connectivity index (χ0v) is 14.3. The number of rotatable bonds is 6. The lowest BCUT2D eigenvalue weighted by atomic mass is 10.1. The Labute approximate surface area is 144 Å². The fraction of sp³-hybridized carbons (Fsp3) is 0.333. The first-order valence-corrected chi connectivity index (χ1v) is 8.81. The molecule has 1 heterocycles. The van der Waals surface area contributed by atoms with Crippen molar-refractivity contribution in [1.29, 1.82) is 0 Å². The topological polar surface area (TPSA) is 69.6 Å². The Bertz CT molecular complexity index is 726. The molecule has 0 spiro atoms. The van der Waals surface area contributed by atoms with Gasteiger partial charge in [0.25, 0.3) is 11.8 Å². The van der Waals surface area contributed by atoms with E-state index in [4.69, 9.17) is 0 Å². The molecule has 2 N–H and O–H groups in total. The summed E-state index contributed by atoms with van der Waals surface area (Å²) in [5, 5.41) is 14.7. The van der Waals surface area contributed by atoms with E-state index in [1.165, 1.54) is 16.2 Å². The Morgan fingerprint density at radius 3 is 2.71 bits per heavy atom. The van der Waals surface area contributed by atoms with Gasteiger partial charge in [0.05, 0.1) is 22.2 Å². The zero-order chi connectivity index (χ0) is 17.1. The van der Waals surface area contributed by atoms with Crippen molar-refractivity contribution in [2.45, 2.75) is 18.9 Å². The molecule has 0 saturated heterocycles. The number of nitrogens with one attached hydrogen (secondary N) is 1. The molecule has 0 radical (unpaired) electrons. The molecular formula is C18H20N2O3S. The van der Waals surface area contributed by atoms with E-state index in [1.54, 1.807) is 37.4 Å². The van der Waals surface area contributed by atoms with Gasteiger partial charge in [-0.3, -0.25) is 9.59 Å². The number of amides is 2. The number of likely N-dealkylation sites (N-methyl/N-ethyl adjacent to an activating group) is 1. The largest absolute Gasteiger partial charge is 0.391 e. The summed E-state index contributed by atoms with van der Waals surface area (Å²) < 4.78 is 0. The van der Waals surface area contributed by atoms with Gasteiger partial charge in [-0.25, -0.2) is 0 Å². The molecule has 126 valence electrons. The Hall–Kier alpha value is -2.18. The zero-order valence-electron chi connectivity index (χ0n) is 13.4. The van der Waals surface area contributed by atoms with Crippen LogP contribution in [0, 0.1) is 5.92 Å². The molecule has 1 aliphatic rings. The van der Waals surface area contributed by atoms with Gasteiger partial charge in [0.2, 0.25) is 0 Å². The molecule has 0 bridgehead atoms. The molecule has 1 saturated carbocycles. The van der Waals surface area contributed by atoms with Crippen LogP contribution in [0.2, 0.25) is 0 Å². The number of para-hydroxylation sites is 1. The average molecular weight is 344 g/mol.